The number of aromatic nitrogens is 1. The first-order chi connectivity index (χ1) is 9.34. The highest BCUT2D eigenvalue weighted by Crippen LogP contribution is 2.27. The molecule has 0 spiro atoms. The summed E-state index contributed by atoms with van der Waals surface area (Å²) < 4.78 is 25.6. The summed E-state index contributed by atoms with van der Waals surface area (Å²) in [4.78, 5) is 5.36. The fourth-order valence-corrected chi connectivity index (χ4v) is 2.96. The second kappa shape index (κ2) is 5.55. The van der Waals surface area contributed by atoms with E-state index in [0.29, 0.717) is 0 Å². The smallest absolute Gasteiger partial charge is 0.215 e. The Hall–Kier alpha value is -1.37. The van der Waals surface area contributed by atoms with E-state index in [-0.39, 0.29) is 11.8 Å². The lowest BCUT2D eigenvalue weighted by molar-refractivity contribution is 0.323. The zero-order chi connectivity index (χ0) is 14.9. The number of rotatable bonds is 5. The second-order valence-corrected chi connectivity index (χ2v) is 7.15. The van der Waals surface area contributed by atoms with Crippen LogP contribution in [0.5, 0.6) is 0 Å². The molecule has 5 nitrogen and oxygen atoms in total. The molecular weight excluding hydrogens is 274 g/mol. The summed E-state index contributed by atoms with van der Waals surface area (Å²) in [6, 6.07) is 6.00. The molecule has 1 atom stereocenters. The Morgan fingerprint density at radius 2 is 2.05 bits per heavy atom. The molecule has 2 N–H and O–H groups in total. The molecule has 0 aliphatic carbocycles. The van der Waals surface area contributed by atoms with Gasteiger partial charge in [-0.2, -0.15) is 0 Å². The Balaban J connectivity index is 2.44. The summed E-state index contributed by atoms with van der Waals surface area (Å²) in [5.74, 6) is 0.000402. The van der Waals surface area contributed by atoms with Crippen LogP contribution in [0.15, 0.2) is 24.4 Å². The monoisotopic (exact) mass is 295 g/mol. The number of H-pyrrole nitrogens is 1. The molecule has 1 aromatic heterocycles. The predicted molar refractivity (Wildman–Crippen MR) is 82.1 cm³/mol. The Bertz CT molecular complexity index is 704. The molecule has 0 saturated heterocycles. The molecule has 2 rings (SSSR count). The van der Waals surface area contributed by atoms with Gasteiger partial charge in [-0.1, -0.05) is 6.07 Å². The van der Waals surface area contributed by atoms with Gasteiger partial charge in [-0.25, -0.2) is 13.1 Å². The number of nitrogens with one attached hydrogen (secondary N) is 2. The van der Waals surface area contributed by atoms with Crippen molar-refractivity contribution < 1.29 is 8.42 Å². The maximum absolute atomic E-state index is 11.6. The molecule has 0 aliphatic rings. The minimum absolute atomic E-state index is 0.000402. The number of nitrogens with zero attached hydrogens (tertiary/aromatic N) is 1. The summed E-state index contributed by atoms with van der Waals surface area (Å²) in [6.07, 6.45) is 1.99. The summed E-state index contributed by atoms with van der Waals surface area (Å²) in [6.45, 7) is 2.12. The summed E-state index contributed by atoms with van der Waals surface area (Å²) >= 11 is 0. The number of sulfonamides is 1. The molecule has 0 amide bonds. The van der Waals surface area contributed by atoms with Gasteiger partial charge in [0.25, 0.3) is 0 Å². The zero-order valence-electron chi connectivity index (χ0n) is 12.3. The standard InChI is InChI=1S/C14H21N3O2S/c1-10(17(3)4)13-8-16-14-6-5-11(7-12(13)14)9-20(18,19)15-2/h5-8,10,15-16H,9H2,1-4H3. The third-order valence-electron chi connectivity index (χ3n) is 3.67. The maximum atomic E-state index is 11.6. The highest BCUT2D eigenvalue weighted by Gasteiger charge is 2.15. The van der Waals surface area contributed by atoms with Crippen molar-refractivity contribution in [1.29, 1.82) is 0 Å². The van der Waals surface area contributed by atoms with Crippen LogP contribution in [0.1, 0.15) is 24.1 Å². The van der Waals surface area contributed by atoms with E-state index in [0.717, 1.165) is 16.5 Å². The topological polar surface area (TPSA) is 65.2 Å². The molecule has 110 valence electrons. The quantitative estimate of drug-likeness (QED) is 0.884. The fraction of sp³-hybridized carbons (Fsp3) is 0.429. The van der Waals surface area contributed by atoms with Gasteiger partial charge < -0.3 is 9.88 Å². The van der Waals surface area contributed by atoms with Crippen LogP contribution in [-0.4, -0.2) is 39.4 Å². The summed E-state index contributed by atoms with van der Waals surface area (Å²) in [5, 5.41) is 1.08. The maximum Gasteiger partial charge on any atom is 0.215 e. The molecule has 0 aliphatic heterocycles. The van der Waals surface area contributed by atoms with E-state index < -0.39 is 10.0 Å². The van der Waals surface area contributed by atoms with Crippen LogP contribution < -0.4 is 4.72 Å². The van der Waals surface area contributed by atoms with Crippen molar-refractivity contribution in [3.05, 3.63) is 35.5 Å². The molecular formula is C14H21N3O2S. The third-order valence-corrected chi connectivity index (χ3v) is 5.01. The van der Waals surface area contributed by atoms with Crippen molar-refractivity contribution in [2.45, 2.75) is 18.7 Å². The van der Waals surface area contributed by atoms with Crippen molar-refractivity contribution in [2.75, 3.05) is 21.1 Å². The Kier molecular flexibility index (Phi) is 4.17. The van der Waals surface area contributed by atoms with E-state index in [4.69, 9.17) is 0 Å². The van der Waals surface area contributed by atoms with Gasteiger partial charge >= 0.3 is 0 Å². The molecule has 0 radical (unpaired) electrons. The second-order valence-electron chi connectivity index (χ2n) is 5.23. The first-order valence-corrected chi connectivity index (χ1v) is 8.17. The molecule has 0 saturated carbocycles. The van der Waals surface area contributed by atoms with Crippen LogP contribution >= 0.6 is 0 Å². The first-order valence-electron chi connectivity index (χ1n) is 6.51. The number of aromatic amines is 1. The predicted octanol–water partition coefficient (Wildman–Crippen LogP) is 1.84. The SMILES string of the molecule is CNS(=O)(=O)Cc1ccc2[nH]cc(C(C)N(C)C)c2c1. The van der Waals surface area contributed by atoms with Crippen LogP contribution in [0.2, 0.25) is 0 Å². The molecule has 1 unspecified atom stereocenters. The lowest BCUT2D eigenvalue weighted by atomic mass is 10.0. The minimum atomic E-state index is -3.24. The van der Waals surface area contributed by atoms with Crippen molar-refractivity contribution in [3.63, 3.8) is 0 Å². The Labute approximate surface area is 120 Å². The van der Waals surface area contributed by atoms with Crippen LogP contribution in [0.3, 0.4) is 0 Å². The largest absolute Gasteiger partial charge is 0.361 e. The van der Waals surface area contributed by atoms with E-state index in [1.165, 1.54) is 12.6 Å². The van der Waals surface area contributed by atoms with Gasteiger partial charge in [0.1, 0.15) is 0 Å². The average Bonchev–Trinajstić information content (AvgIpc) is 2.80. The fourth-order valence-electron chi connectivity index (χ4n) is 2.19. The van der Waals surface area contributed by atoms with Crippen molar-refractivity contribution in [2.24, 2.45) is 0 Å². The average molecular weight is 295 g/mol. The molecule has 0 fully saturated rings. The van der Waals surface area contributed by atoms with Crippen molar-refractivity contribution in [1.82, 2.24) is 14.6 Å². The molecule has 1 heterocycles. The Morgan fingerprint density at radius 3 is 2.65 bits per heavy atom. The highest BCUT2D eigenvalue weighted by molar-refractivity contribution is 7.88. The normalized spacial score (nSPS) is 14.1. The van der Waals surface area contributed by atoms with Gasteiger partial charge in [0.05, 0.1) is 5.75 Å². The van der Waals surface area contributed by atoms with Crippen molar-refractivity contribution in [3.8, 4) is 0 Å². The number of hydrogen-bond acceptors (Lipinski definition) is 3. The van der Waals surface area contributed by atoms with E-state index >= 15 is 0 Å². The van der Waals surface area contributed by atoms with Gasteiger partial charge in [-0.05, 0) is 51.3 Å². The van der Waals surface area contributed by atoms with Crippen LogP contribution in [-0.2, 0) is 15.8 Å². The van der Waals surface area contributed by atoms with E-state index in [1.54, 1.807) is 0 Å². The number of benzene rings is 1. The lowest BCUT2D eigenvalue weighted by Crippen LogP contribution is -2.20. The summed E-state index contributed by atoms with van der Waals surface area (Å²) in [7, 11) is 2.24. The third kappa shape index (κ3) is 3.03. The van der Waals surface area contributed by atoms with Crippen LogP contribution in [0.4, 0.5) is 0 Å². The lowest BCUT2D eigenvalue weighted by Gasteiger charge is -2.19. The zero-order valence-corrected chi connectivity index (χ0v) is 13.1. The number of hydrogen-bond donors (Lipinski definition) is 2. The molecule has 0 bridgehead atoms. The van der Waals surface area contributed by atoms with E-state index in [1.807, 2.05) is 38.5 Å². The minimum Gasteiger partial charge on any atom is -0.361 e. The number of fused-ring (bicyclic) bond motifs is 1. The van der Waals surface area contributed by atoms with E-state index in [2.05, 4.69) is 21.5 Å². The first kappa shape index (κ1) is 15.0. The molecule has 20 heavy (non-hydrogen) atoms. The molecule has 1 aromatic carbocycles. The van der Waals surface area contributed by atoms with Gasteiger partial charge in [-0.3, -0.25) is 0 Å². The van der Waals surface area contributed by atoms with Gasteiger partial charge in [0, 0.05) is 23.1 Å². The van der Waals surface area contributed by atoms with Crippen LogP contribution in [0, 0.1) is 0 Å². The highest BCUT2D eigenvalue weighted by atomic mass is 32.2. The summed E-state index contributed by atoms with van der Waals surface area (Å²) in [5.41, 5.74) is 2.99. The van der Waals surface area contributed by atoms with Gasteiger partial charge in [0.15, 0.2) is 0 Å². The van der Waals surface area contributed by atoms with Crippen LogP contribution in [0.25, 0.3) is 10.9 Å². The van der Waals surface area contributed by atoms with E-state index in [9.17, 15) is 8.42 Å². The van der Waals surface area contributed by atoms with Crippen molar-refractivity contribution >= 4 is 20.9 Å². The van der Waals surface area contributed by atoms with Gasteiger partial charge in [-0.15, -0.1) is 0 Å². The Morgan fingerprint density at radius 1 is 1.35 bits per heavy atom. The van der Waals surface area contributed by atoms with Gasteiger partial charge in [0.2, 0.25) is 10.0 Å². The molecule has 2 aromatic rings. The molecule has 6 heteroatoms.